The van der Waals surface area contributed by atoms with Crippen LogP contribution >= 0.6 is 0 Å². The van der Waals surface area contributed by atoms with Crippen LogP contribution in [0.1, 0.15) is 43.5 Å². The van der Waals surface area contributed by atoms with E-state index in [4.69, 9.17) is 4.74 Å². The summed E-state index contributed by atoms with van der Waals surface area (Å²) in [7, 11) is 0. The molecule has 1 aromatic carbocycles. The Bertz CT molecular complexity index is 436. The molecule has 1 atom stereocenters. The molecule has 0 amide bonds. The summed E-state index contributed by atoms with van der Waals surface area (Å²) in [5.41, 5.74) is 0.423. The number of rotatable bonds is 5. The van der Waals surface area contributed by atoms with Crippen molar-refractivity contribution in [2.24, 2.45) is 5.41 Å². The van der Waals surface area contributed by atoms with E-state index in [1.807, 2.05) is 24.3 Å². The molecule has 3 nitrogen and oxygen atoms in total. The van der Waals surface area contributed by atoms with Gasteiger partial charge in [-0.15, -0.1) is 0 Å². The monoisotopic (exact) mass is 261 g/mol. The Labute approximate surface area is 115 Å². The van der Waals surface area contributed by atoms with Crippen molar-refractivity contribution >= 4 is 5.78 Å². The van der Waals surface area contributed by atoms with Crippen molar-refractivity contribution in [3.63, 3.8) is 0 Å². The normalized spacial score (nSPS) is 23.1. The van der Waals surface area contributed by atoms with Gasteiger partial charge in [-0.25, -0.2) is 0 Å². The van der Waals surface area contributed by atoms with Gasteiger partial charge in [-0.05, 0) is 37.9 Å². The summed E-state index contributed by atoms with van der Waals surface area (Å²) in [5.74, 6) is 0.924. The number of para-hydroxylation sites is 1. The van der Waals surface area contributed by atoms with Crippen LogP contribution in [0.25, 0.3) is 0 Å². The first-order valence-corrected chi connectivity index (χ1v) is 7.15. The van der Waals surface area contributed by atoms with Crippen molar-refractivity contribution in [1.82, 2.24) is 5.32 Å². The largest absolute Gasteiger partial charge is 0.493 e. The minimum Gasteiger partial charge on any atom is -0.493 e. The highest BCUT2D eigenvalue weighted by molar-refractivity contribution is 6.02. The summed E-state index contributed by atoms with van der Waals surface area (Å²) in [6, 6.07) is 7.60. The van der Waals surface area contributed by atoms with Crippen molar-refractivity contribution in [3.8, 4) is 5.75 Å². The highest BCUT2D eigenvalue weighted by Crippen LogP contribution is 2.33. The van der Waals surface area contributed by atoms with Gasteiger partial charge in [0, 0.05) is 12.0 Å². The third kappa shape index (κ3) is 3.16. The standard InChI is InChI=1S/C16H23NO2/c1-3-11-19-14-8-5-4-7-13(14)15(18)16(2)9-6-10-17-12-16/h4-5,7-8,17H,3,6,9-12H2,1-2H3. The maximum Gasteiger partial charge on any atom is 0.173 e. The fourth-order valence-corrected chi connectivity index (χ4v) is 2.57. The van der Waals surface area contributed by atoms with Crippen LogP contribution in [0.2, 0.25) is 0 Å². The highest BCUT2D eigenvalue weighted by Gasteiger charge is 2.36. The van der Waals surface area contributed by atoms with Crippen LogP contribution in [-0.2, 0) is 0 Å². The SMILES string of the molecule is CCCOc1ccccc1C(=O)C1(C)CCCNC1. The van der Waals surface area contributed by atoms with Crippen molar-refractivity contribution in [3.05, 3.63) is 29.8 Å². The Kier molecular flexibility index (Phi) is 4.59. The van der Waals surface area contributed by atoms with E-state index < -0.39 is 0 Å². The number of hydrogen-bond acceptors (Lipinski definition) is 3. The molecule has 3 heteroatoms. The molecular weight excluding hydrogens is 238 g/mol. The van der Waals surface area contributed by atoms with Gasteiger partial charge < -0.3 is 10.1 Å². The van der Waals surface area contributed by atoms with Crippen LogP contribution in [0, 0.1) is 5.41 Å². The number of carbonyl (C=O) groups is 1. The van der Waals surface area contributed by atoms with Crippen molar-refractivity contribution in [1.29, 1.82) is 0 Å². The average Bonchev–Trinajstić information content (AvgIpc) is 2.45. The van der Waals surface area contributed by atoms with Crippen LogP contribution in [-0.4, -0.2) is 25.5 Å². The van der Waals surface area contributed by atoms with Crippen LogP contribution in [0.4, 0.5) is 0 Å². The molecule has 0 radical (unpaired) electrons. The Balaban J connectivity index is 2.22. The van der Waals surface area contributed by atoms with E-state index in [2.05, 4.69) is 19.2 Å². The van der Waals surface area contributed by atoms with Gasteiger partial charge in [-0.3, -0.25) is 4.79 Å². The molecule has 0 aromatic heterocycles. The van der Waals surface area contributed by atoms with E-state index >= 15 is 0 Å². The number of Topliss-reactive ketones (excluding diaryl/α,β-unsaturated/α-hetero) is 1. The van der Waals surface area contributed by atoms with Gasteiger partial charge >= 0.3 is 0 Å². The zero-order valence-electron chi connectivity index (χ0n) is 11.9. The number of ketones is 1. The second-order valence-corrected chi connectivity index (χ2v) is 5.51. The molecule has 1 saturated heterocycles. The van der Waals surface area contributed by atoms with Gasteiger partial charge in [0.25, 0.3) is 0 Å². The molecule has 0 aliphatic carbocycles. The van der Waals surface area contributed by atoms with Crippen molar-refractivity contribution in [2.75, 3.05) is 19.7 Å². The molecule has 0 bridgehead atoms. The molecule has 1 fully saturated rings. The second kappa shape index (κ2) is 6.20. The molecule has 2 rings (SSSR count). The summed E-state index contributed by atoms with van der Waals surface area (Å²) >= 11 is 0. The van der Waals surface area contributed by atoms with E-state index in [1.165, 1.54) is 0 Å². The first-order chi connectivity index (χ1) is 9.17. The summed E-state index contributed by atoms with van der Waals surface area (Å²) in [6.45, 7) is 6.54. The Morgan fingerprint density at radius 1 is 1.42 bits per heavy atom. The summed E-state index contributed by atoms with van der Waals surface area (Å²) in [5, 5.41) is 3.33. The fraction of sp³-hybridized carbons (Fsp3) is 0.562. The molecule has 1 heterocycles. The maximum atomic E-state index is 12.8. The third-order valence-corrected chi connectivity index (χ3v) is 3.74. The van der Waals surface area contributed by atoms with Crippen molar-refractivity contribution in [2.45, 2.75) is 33.1 Å². The van der Waals surface area contributed by atoms with Gasteiger partial charge in [0.2, 0.25) is 0 Å². The van der Waals surface area contributed by atoms with Crippen LogP contribution in [0.15, 0.2) is 24.3 Å². The number of piperidine rings is 1. The van der Waals surface area contributed by atoms with Crippen molar-refractivity contribution < 1.29 is 9.53 Å². The summed E-state index contributed by atoms with van der Waals surface area (Å²) < 4.78 is 5.70. The van der Waals surface area contributed by atoms with Gasteiger partial charge in [0.1, 0.15) is 5.75 Å². The van der Waals surface area contributed by atoms with Crippen LogP contribution in [0.3, 0.4) is 0 Å². The first-order valence-electron chi connectivity index (χ1n) is 7.15. The molecule has 1 aliphatic heterocycles. The summed E-state index contributed by atoms with van der Waals surface area (Å²) in [4.78, 5) is 12.8. The lowest BCUT2D eigenvalue weighted by atomic mass is 9.76. The molecule has 0 saturated carbocycles. The number of benzene rings is 1. The fourth-order valence-electron chi connectivity index (χ4n) is 2.57. The van der Waals surface area contributed by atoms with Crippen LogP contribution in [0.5, 0.6) is 5.75 Å². The minimum absolute atomic E-state index is 0.200. The average molecular weight is 261 g/mol. The molecule has 1 unspecified atom stereocenters. The van der Waals surface area contributed by atoms with E-state index in [0.717, 1.165) is 43.7 Å². The Hall–Kier alpha value is -1.35. The van der Waals surface area contributed by atoms with Crippen LogP contribution < -0.4 is 10.1 Å². The highest BCUT2D eigenvalue weighted by atomic mass is 16.5. The molecule has 19 heavy (non-hydrogen) atoms. The van der Waals surface area contributed by atoms with E-state index in [0.29, 0.717) is 6.61 Å². The number of hydrogen-bond donors (Lipinski definition) is 1. The van der Waals surface area contributed by atoms with Gasteiger partial charge in [-0.1, -0.05) is 26.0 Å². The Morgan fingerprint density at radius 2 is 2.21 bits per heavy atom. The third-order valence-electron chi connectivity index (χ3n) is 3.74. The lowest BCUT2D eigenvalue weighted by molar-refractivity contribution is 0.0768. The molecule has 1 aliphatic rings. The number of nitrogens with one attached hydrogen (secondary N) is 1. The maximum absolute atomic E-state index is 12.8. The molecule has 104 valence electrons. The zero-order chi connectivity index (χ0) is 13.7. The van der Waals surface area contributed by atoms with E-state index in [1.54, 1.807) is 0 Å². The zero-order valence-corrected chi connectivity index (χ0v) is 11.9. The number of carbonyl (C=O) groups excluding carboxylic acids is 1. The van der Waals surface area contributed by atoms with Gasteiger partial charge in [0.05, 0.1) is 12.2 Å². The molecule has 1 aromatic rings. The molecule has 0 spiro atoms. The van der Waals surface area contributed by atoms with E-state index in [9.17, 15) is 4.79 Å². The molecule has 1 N–H and O–H groups in total. The smallest absolute Gasteiger partial charge is 0.173 e. The van der Waals surface area contributed by atoms with Gasteiger partial charge in [-0.2, -0.15) is 0 Å². The topological polar surface area (TPSA) is 38.3 Å². The second-order valence-electron chi connectivity index (χ2n) is 5.51. The number of ether oxygens (including phenoxy) is 1. The predicted molar refractivity (Wildman–Crippen MR) is 76.8 cm³/mol. The Morgan fingerprint density at radius 3 is 2.89 bits per heavy atom. The lowest BCUT2D eigenvalue weighted by Crippen LogP contribution is -2.43. The van der Waals surface area contributed by atoms with Gasteiger partial charge in [0.15, 0.2) is 5.78 Å². The lowest BCUT2D eigenvalue weighted by Gasteiger charge is -2.33. The predicted octanol–water partition coefficient (Wildman–Crippen LogP) is 3.05. The first kappa shape index (κ1) is 14.1. The quantitative estimate of drug-likeness (QED) is 0.828. The van der Waals surface area contributed by atoms with E-state index in [-0.39, 0.29) is 11.2 Å². The minimum atomic E-state index is -0.302. The molecular formula is C16H23NO2. The summed E-state index contributed by atoms with van der Waals surface area (Å²) in [6.07, 6.45) is 2.95.